The van der Waals surface area contributed by atoms with Gasteiger partial charge < -0.3 is 10.2 Å². The van der Waals surface area contributed by atoms with Crippen molar-refractivity contribution < 1.29 is 9.18 Å². The highest BCUT2D eigenvalue weighted by Gasteiger charge is 2.23. The van der Waals surface area contributed by atoms with Crippen molar-refractivity contribution in [3.63, 3.8) is 0 Å². The Hall–Kier alpha value is -1.29. The van der Waals surface area contributed by atoms with Crippen molar-refractivity contribution in [3.05, 3.63) is 29.0 Å². The third-order valence-electron chi connectivity index (χ3n) is 3.23. The third kappa shape index (κ3) is 2.93. The Morgan fingerprint density at radius 2 is 2.28 bits per heavy atom. The van der Waals surface area contributed by atoms with E-state index in [4.69, 9.17) is 11.6 Å². The molecule has 0 saturated carbocycles. The van der Waals surface area contributed by atoms with Gasteiger partial charge in [-0.2, -0.15) is 0 Å². The fourth-order valence-electron chi connectivity index (χ4n) is 2.17. The molecule has 0 radical (unpaired) electrons. The van der Waals surface area contributed by atoms with Crippen LogP contribution < -0.4 is 5.32 Å². The standard InChI is InChI=1S/C13H16ClFN2O/c1-9-4-2-3-7-17(9)13(18)16-10-5-6-11(14)12(15)8-10/h5-6,8-9H,2-4,7H2,1H3,(H,16,18)/t9-/m1/s1. The molecular weight excluding hydrogens is 255 g/mol. The molecule has 3 nitrogen and oxygen atoms in total. The fraction of sp³-hybridized carbons (Fsp3) is 0.462. The summed E-state index contributed by atoms with van der Waals surface area (Å²) < 4.78 is 13.3. The second kappa shape index (κ2) is 5.57. The summed E-state index contributed by atoms with van der Waals surface area (Å²) in [6.07, 6.45) is 3.19. The van der Waals surface area contributed by atoms with Crippen LogP contribution in [-0.4, -0.2) is 23.5 Å². The molecule has 18 heavy (non-hydrogen) atoms. The summed E-state index contributed by atoms with van der Waals surface area (Å²) in [5, 5.41) is 2.75. The maximum atomic E-state index is 13.3. The molecule has 1 heterocycles. The number of likely N-dealkylation sites (tertiary alicyclic amines) is 1. The number of halogens is 2. The summed E-state index contributed by atoms with van der Waals surface area (Å²) in [6.45, 7) is 2.78. The van der Waals surface area contributed by atoms with Gasteiger partial charge in [0.1, 0.15) is 5.82 Å². The summed E-state index contributed by atoms with van der Waals surface area (Å²) >= 11 is 5.59. The van der Waals surface area contributed by atoms with Crippen LogP contribution in [0.2, 0.25) is 5.02 Å². The molecule has 0 unspecified atom stereocenters. The first-order valence-electron chi connectivity index (χ1n) is 6.10. The lowest BCUT2D eigenvalue weighted by atomic mass is 10.0. The SMILES string of the molecule is C[C@@H]1CCCCN1C(=O)Nc1ccc(Cl)c(F)c1. The van der Waals surface area contributed by atoms with Crippen molar-refractivity contribution >= 4 is 23.3 Å². The number of carbonyl (C=O) groups is 1. The van der Waals surface area contributed by atoms with Crippen LogP contribution in [0.3, 0.4) is 0 Å². The molecule has 1 atom stereocenters. The van der Waals surface area contributed by atoms with Gasteiger partial charge in [0.2, 0.25) is 0 Å². The quantitative estimate of drug-likeness (QED) is 0.825. The van der Waals surface area contributed by atoms with Gasteiger partial charge in [0.05, 0.1) is 5.02 Å². The molecule has 0 aliphatic carbocycles. The van der Waals surface area contributed by atoms with Crippen LogP contribution in [0.1, 0.15) is 26.2 Å². The van der Waals surface area contributed by atoms with E-state index in [1.807, 2.05) is 6.92 Å². The lowest BCUT2D eigenvalue weighted by Gasteiger charge is -2.33. The van der Waals surface area contributed by atoms with Crippen molar-refractivity contribution in [1.29, 1.82) is 0 Å². The second-order valence-electron chi connectivity index (χ2n) is 4.60. The Balaban J connectivity index is 2.04. The smallest absolute Gasteiger partial charge is 0.322 e. The van der Waals surface area contributed by atoms with E-state index in [9.17, 15) is 9.18 Å². The highest BCUT2D eigenvalue weighted by atomic mass is 35.5. The lowest BCUT2D eigenvalue weighted by Crippen LogP contribution is -2.44. The van der Waals surface area contributed by atoms with E-state index in [0.717, 1.165) is 25.8 Å². The predicted molar refractivity (Wildman–Crippen MR) is 70.4 cm³/mol. The number of amides is 2. The highest BCUT2D eigenvalue weighted by molar-refractivity contribution is 6.30. The topological polar surface area (TPSA) is 32.3 Å². The molecule has 1 saturated heterocycles. The summed E-state index contributed by atoms with van der Waals surface area (Å²) in [5.74, 6) is -0.527. The van der Waals surface area contributed by atoms with E-state index in [1.54, 1.807) is 11.0 Å². The predicted octanol–water partition coefficient (Wildman–Crippen LogP) is 3.89. The number of piperidine rings is 1. The number of nitrogens with one attached hydrogen (secondary N) is 1. The molecule has 2 amide bonds. The average molecular weight is 271 g/mol. The Morgan fingerprint density at radius 1 is 1.50 bits per heavy atom. The summed E-state index contributed by atoms with van der Waals surface area (Å²) in [4.78, 5) is 13.8. The van der Waals surface area contributed by atoms with Crippen LogP contribution in [0.15, 0.2) is 18.2 Å². The molecule has 98 valence electrons. The van der Waals surface area contributed by atoms with Gasteiger partial charge in [0.15, 0.2) is 0 Å². The van der Waals surface area contributed by atoms with Crippen molar-refractivity contribution in [2.75, 3.05) is 11.9 Å². The van der Waals surface area contributed by atoms with Crippen LogP contribution in [0.25, 0.3) is 0 Å². The molecule has 1 aliphatic rings. The van der Waals surface area contributed by atoms with Gasteiger partial charge in [0, 0.05) is 18.3 Å². The number of carbonyl (C=O) groups excluding carboxylic acids is 1. The van der Waals surface area contributed by atoms with Crippen LogP contribution in [0.5, 0.6) is 0 Å². The maximum absolute atomic E-state index is 13.3. The third-order valence-corrected chi connectivity index (χ3v) is 3.54. The number of anilines is 1. The zero-order chi connectivity index (χ0) is 13.1. The molecule has 1 aromatic rings. The van der Waals surface area contributed by atoms with Gasteiger partial charge in [-0.05, 0) is 44.4 Å². The molecule has 1 aromatic carbocycles. The van der Waals surface area contributed by atoms with Gasteiger partial charge in [-0.15, -0.1) is 0 Å². The zero-order valence-electron chi connectivity index (χ0n) is 10.2. The van der Waals surface area contributed by atoms with Crippen LogP contribution in [-0.2, 0) is 0 Å². The first-order chi connectivity index (χ1) is 8.58. The number of benzene rings is 1. The Kier molecular flexibility index (Phi) is 4.07. The maximum Gasteiger partial charge on any atom is 0.322 e. The van der Waals surface area contributed by atoms with E-state index in [-0.39, 0.29) is 17.1 Å². The Bertz CT molecular complexity index is 453. The lowest BCUT2D eigenvalue weighted by molar-refractivity contribution is 0.170. The van der Waals surface area contributed by atoms with E-state index in [1.165, 1.54) is 12.1 Å². The molecule has 2 rings (SSSR count). The number of nitrogens with zero attached hydrogens (tertiary/aromatic N) is 1. The van der Waals surface area contributed by atoms with Crippen LogP contribution in [0.4, 0.5) is 14.9 Å². The second-order valence-corrected chi connectivity index (χ2v) is 5.00. The first-order valence-corrected chi connectivity index (χ1v) is 6.48. The molecule has 1 N–H and O–H groups in total. The normalized spacial score (nSPS) is 19.7. The monoisotopic (exact) mass is 270 g/mol. The number of rotatable bonds is 1. The molecular formula is C13H16ClFN2O. The number of urea groups is 1. The van der Waals surface area contributed by atoms with Gasteiger partial charge in [0.25, 0.3) is 0 Å². The van der Waals surface area contributed by atoms with E-state index >= 15 is 0 Å². The van der Waals surface area contributed by atoms with Crippen molar-refractivity contribution in [3.8, 4) is 0 Å². The Labute approximate surface area is 111 Å². The minimum absolute atomic E-state index is 0.0549. The Morgan fingerprint density at radius 3 is 2.94 bits per heavy atom. The largest absolute Gasteiger partial charge is 0.322 e. The number of hydrogen-bond acceptors (Lipinski definition) is 1. The summed E-state index contributed by atoms with van der Waals surface area (Å²) in [7, 11) is 0. The highest BCUT2D eigenvalue weighted by Crippen LogP contribution is 2.21. The van der Waals surface area contributed by atoms with E-state index < -0.39 is 5.82 Å². The molecule has 1 fully saturated rings. The van der Waals surface area contributed by atoms with E-state index in [2.05, 4.69) is 5.32 Å². The first kappa shape index (κ1) is 13.1. The van der Waals surface area contributed by atoms with Crippen LogP contribution in [0, 0.1) is 5.82 Å². The molecule has 0 spiro atoms. The van der Waals surface area contributed by atoms with Crippen molar-refractivity contribution in [2.45, 2.75) is 32.2 Å². The van der Waals surface area contributed by atoms with Crippen molar-refractivity contribution in [2.24, 2.45) is 0 Å². The summed E-state index contributed by atoms with van der Waals surface area (Å²) in [5.41, 5.74) is 0.430. The fourth-order valence-corrected chi connectivity index (χ4v) is 2.29. The molecule has 1 aliphatic heterocycles. The molecule has 0 aromatic heterocycles. The van der Waals surface area contributed by atoms with Gasteiger partial charge >= 0.3 is 6.03 Å². The van der Waals surface area contributed by atoms with Crippen LogP contribution >= 0.6 is 11.6 Å². The zero-order valence-corrected chi connectivity index (χ0v) is 11.0. The van der Waals surface area contributed by atoms with Crippen molar-refractivity contribution in [1.82, 2.24) is 4.90 Å². The minimum Gasteiger partial charge on any atom is -0.322 e. The molecule has 0 bridgehead atoms. The van der Waals surface area contributed by atoms with Gasteiger partial charge in [-0.1, -0.05) is 11.6 Å². The number of hydrogen-bond donors (Lipinski definition) is 1. The van der Waals surface area contributed by atoms with E-state index in [0.29, 0.717) is 5.69 Å². The van der Waals surface area contributed by atoms with Gasteiger partial charge in [-0.3, -0.25) is 0 Å². The summed E-state index contributed by atoms with van der Waals surface area (Å²) in [6, 6.07) is 4.32. The minimum atomic E-state index is -0.527. The molecule has 5 heteroatoms. The average Bonchev–Trinajstić information content (AvgIpc) is 2.34. The van der Waals surface area contributed by atoms with Gasteiger partial charge in [-0.25, -0.2) is 9.18 Å².